The third-order valence-electron chi connectivity index (χ3n) is 3.44. The highest BCUT2D eigenvalue weighted by Crippen LogP contribution is 2.19. The molecule has 0 spiro atoms. The van der Waals surface area contributed by atoms with Gasteiger partial charge in [-0.3, -0.25) is 0 Å². The Morgan fingerprint density at radius 2 is 1.96 bits per heavy atom. The molecule has 1 saturated heterocycles. The smallest absolute Gasteiger partial charge is 0.410 e. The van der Waals surface area contributed by atoms with Crippen molar-refractivity contribution in [3.63, 3.8) is 0 Å². The molecule has 8 nitrogen and oxygen atoms in total. The number of amides is 1. The van der Waals surface area contributed by atoms with Crippen LogP contribution < -0.4 is 4.90 Å². The van der Waals surface area contributed by atoms with Crippen LogP contribution in [0.15, 0.2) is 12.4 Å². The van der Waals surface area contributed by atoms with Crippen molar-refractivity contribution < 1.29 is 19.4 Å². The maximum Gasteiger partial charge on any atom is 0.410 e. The molecule has 0 radical (unpaired) electrons. The highest BCUT2D eigenvalue weighted by Gasteiger charge is 2.31. The number of aromatic nitrogens is 2. The lowest BCUT2D eigenvalue weighted by molar-refractivity contribution is 0.0158. The van der Waals surface area contributed by atoms with Crippen LogP contribution in [0.5, 0.6) is 0 Å². The van der Waals surface area contributed by atoms with Gasteiger partial charge in [0.2, 0.25) is 0 Å². The summed E-state index contributed by atoms with van der Waals surface area (Å²) in [5.74, 6) is -0.502. The fourth-order valence-electron chi connectivity index (χ4n) is 2.35. The molecule has 0 bridgehead atoms. The highest BCUT2D eigenvalue weighted by molar-refractivity contribution is 5.84. The molecule has 0 aromatic carbocycles. The third kappa shape index (κ3) is 4.30. The fourth-order valence-corrected chi connectivity index (χ4v) is 2.35. The van der Waals surface area contributed by atoms with Crippen molar-refractivity contribution in [3.8, 4) is 0 Å². The van der Waals surface area contributed by atoms with E-state index in [0.29, 0.717) is 25.5 Å². The summed E-state index contributed by atoms with van der Waals surface area (Å²) in [6.45, 7) is 9.14. The zero-order chi connectivity index (χ0) is 17.2. The minimum atomic E-state index is -1.10. The molecule has 1 aromatic heterocycles. The van der Waals surface area contributed by atoms with E-state index in [4.69, 9.17) is 9.84 Å². The van der Waals surface area contributed by atoms with Gasteiger partial charge in [0.1, 0.15) is 11.4 Å². The summed E-state index contributed by atoms with van der Waals surface area (Å²) >= 11 is 0. The molecule has 1 N–H and O–H groups in total. The van der Waals surface area contributed by atoms with Crippen molar-refractivity contribution in [2.75, 3.05) is 24.5 Å². The van der Waals surface area contributed by atoms with Crippen LogP contribution in [-0.4, -0.2) is 63.3 Å². The maximum atomic E-state index is 12.2. The van der Waals surface area contributed by atoms with Gasteiger partial charge < -0.3 is 19.6 Å². The number of hydrogen-bond donors (Lipinski definition) is 1. The largest absolute Gasteiger partial charge is 0.476 e. The minimum absolute atomic E-state index is 0.0421. The van der Waals surface area contributed by atoms with E-state index >= 15 is 0 Å². The van der Waals surface area contributed by atoms with E-state index < -0.39 is 11.6 Å². The molecule has 1 aliphatic rings. The van der Waals surface area contributed by atoms with Gasteiger partial charge in [0.15, 0.2) is 5.69 Å². The Bertz CT molecular complexity index is 582. The van der Waals surface area contributed by atoms with Crippen LogP contribution in [-0.2, 0) is 4.74 Å². The van der Waals surface area contributed by atoms with Gasteiger partial charge in [-0.25, -0.2) is 19.6 Å². The van der Waals surface area contributed by atoms with Crippen LogP contribution in [0.1, 0.15) is 38.2 Å². The molecule has 1 aromatic rings. The lowest BCUT2D eigenvalue weighted by Crippen LogP contribution is -2.55. The van der Waals surface area contributed by atoms with Gasteiger partial charge in [-0.05, 0) is 27.7 Å². The highest BCUT2D eigenvalue weighted by atomic mass is 16.6. The predicted molar refractivity (Wildman–Crippen MR) is 83.6 cm³/mol. The average Bonchev–Trinajstić information content (AvgIpc) is 2.45. The van der Waals surface area contributed by atoms with Crippen LogP contribution in [0, 0.1) is 0 Å². The lowest BCUT2D eigenvalue weighted by Gasteiger charge is -2.40. The zero-order valence-electron chi connectivity index (χ0n) is 13.8. The van der Waals surface area contributed by atoms with Crippen molar-refractivity contribution >= 4 is 17.9 Å². The summed E-state index contributed by atoms with van der Waals surface area (Å²) in [5.41, 5.74) is -0.610. The summed E-state index contributed by atoms with van der Waals surface area (Å²) in [6.07, 6.45) is 2.36. The lowest BCUT2D eigenvalue weighted by atomic mass is 10.2. The van der Waals surface area contributed by atoms with Crippen molar-refractivity contribution in [3.05, 3.63) is 18.1 Å². The molecular formula is C15H22N4O4. The third-order valence-corrected chi connectivity index (χ3v) is 3.44. The van der Waals surface area contributed by atoms with Gasteiger partial charge in [0.05, 0.1) is 12.4 Å². The molecule has 126 valence electrons. The summed E-state index contributed by atoms with van der Waals surface area (Å²) in [4.78, 5) is 34.7. The van der Waals surface area contributed by atoms with Gasteiger partial charge in [-0.2, -0.15) is 0 Å². The van der Waals surface area contributed by atoms with E-state index in [2.05, 4.69) is 9.97 Å². The van der Waals surface area contributed by atoms with Crippen molar-refractivity contribution in [2.45, 2.75) is 39.3 Å². The number of carboxylic acid groups (broad SMARTS) is 1. The zero-order valence-corrected chi connectivity index (χ0v) is 13.8. The number of carbonyl (C=O) groups excluding carboxylic acids is 1. The van der Waals surface area contributed by atoms with Crippen molar-refractivity contribution in [2.24, 2.45) is 0 Å². The average molecular weight is 322 g/mol. The number of aromatic carboxylic acids is 1. The first-order valence-electron chi connectivity index (χ1n) is 7.47. The normalized spacial score (nSPS) is 18.7. The van der Waals surface area contributed by atoms with E-state index in [-0.39, 0.29) is 17.8 Å². The van der Waals surface area contributed by atoms with Crippen molar-refractivity contribution in [1.82, 2.24) is 14.9 Å². The number of carboxylic acids is 1. The summed E-state index contributed by atoms with van der Waals surface area (Å²) < 4.78 is 5.41. The summed E-state index contributed by atoms with van der Waals surface area (Å²) in [5, 5.41) is 8.84. The Hall–Kier alpha value is -2.38. The van der Waals surface area contributed by atoms with Gasteiger partial charge in [-0.1, -0.05) is 0 Å². The Morgan fingerprint density at radius 1 is 1.26 bits per heavy atom. The Kier molecular flexibility index (Phi) is 4.72. The van der Waals surface area contributed by atoms with E-state index in [0.717, 1.165) is 0 Å². The molecule has 1 amide bonds. The van der Waals surface area contributed by atoms with Crippen LogP contribution in [0.3, 0.4) is 0 Å². The number of rotatable bonds is 2. The fraction of sp³-hybridized carbons (Fsp3) is 0.600. The van der Waals surface area contributed by atoms with E-state index in [1.54, 1.807) is 4.90 Å². The Morgan fingerprint density at radius 3 is 2.43 bits per heavy atom. The minimum Gasteiger partial charge on any atom is -0.476 e. The van der Waals surface area contributed by atoms with Crippen LogP contribution >= 0.6 is 0 Å². The monoisotopic (exact) mass is 322 g/mol. The van der Waals surface area contributed by atoms with E-state index in [9.17, 15) is 9.59 Å². The number of carbonyl (C=O) groups is 2. The van der Waals surface area contributed by atoms with Crippen LogP contribution in [0.4, 0.5) is 10.6 Å². The molecule has 0 saturated carbocycles. The van der Waals surface area contributed by atoms with Crippen molar-refractivity contribution in [1.29, 1.82) is 0 Å². The van der Waals surface area contributed by atoms with Crippen LogP contribution in [0.2, 0.25) is 0 Å². The SMILES string of the molecule is C[C@H]1CN(c2cnc(C(=O)O)cn2)CCN1C(=O)OC(C)(C)C. The summed E-state index contributed by atoms with van der Waals surface area (Å²) in [6, 6.07) is -0.0421. The molecule has 0 unspecified atom stereocenters. The standard InChI is InChI=1S/C15H22N4O4/c1-10-9-18(12-8-16-11(7-17-12)13(20)21)5-6-19(10)14(22)23-15(2,3)4/h7-8,10H,5-6,9H2,1-4H3,(H,20,21)/t10-/m0/s1. The quantitative estimate of drug-likeness (QED) is 0.883. The Balaban J connectivity index is 2.00. The second-order valence-corrected chi connectivity index (χ2v) is 6.53. The van der Waals surface area contributed by atoms with E-state index in [1.165, 1.54) is 12.4 Å². The molecular weight excluding hydrogens is 300 g/mol. The first-order chi connectivity index (χ1) is 10.7. The van der Waals surface area contributed by atoms with Gasteiger partial charge in [-0.15, -0.1) is 0 Å². The van der Waals surface area contributed by atoms with E-state index in [1.807, 2.05) is 32.6 Å². The summed E-state index contributed by atoms with van der Waals surface area (Å²) in [7, 11) is 0. The molecule has 8 heteroatoms. The number of piperazine rings is 1. The molecule has 2 rings (SSSR count). The number of ether oxygens (including phenoxy) is 1. The number of anilines is 1. The predicted octanol–water partition coefficient (Wildman–Crippen LogP) is 1.62. The first-order valence-corrected chi connectivity index (χ1v) is 7.47. The number of hydrogen-bond acceptors (Lipinski definition) is 6. The topological polar surface area (TPSA) is 95.9 Å². The maximum absolute atomic E-state index is 12.2. The second-order valence-electron chi connectivity index (χ2n) is 6.53. The number of nitrogens with zero attached hydrogens (tertiary/aromatic N) is 4. The molecule has 2 heterocycles. The second kappa shape index (κ2) is 6.39. The molecule has 23 heavy (non-hydrogen) atoms. The molecule has 1 aliphatic heterocycles. The van der Waals surface area contributed by atoms with Gasteiger partial charge >= 0.3 is 12.1 Å². The van der Waals surface area contributed by atoms with Gasteiger partial charge in [0.25, 0.3) is 0 Å². The van der Waals surface area contributed by atoms with Gasteiger partial charge in [0, 0.05) is 25.7 Å². The Labute approximate surface area is 135 Å². The molecule has 0 aliphatic carbocycles. The first kappa shape index (κ1) is 17.0. The molecule has 1 atom stereocenters. The molecule has 1 fully saturated rings. The van der Waals surface area contributed by atoms with Crippen LogP contribution in [0.25, 0.3) is 0 Å².